The maximum absolute atomic E-state index is 9.78. The van der Waals surface area contributed by atoms with Gasteiger partial charge in [-0.2, -0.15) is 0 Å². The van der Waals surface area contributed by atoms with Gasteiger partial charge in [0.05, 0.1) is 0 Å². The zero-order valence-corrected chi connectivity index (χ0v) is 3.72. The van der Waals surface area contributed by atoms with Crippen LogP contribution < -0.4 is 0 Å². The van der Waals surface area contributed by atoms with E-state index in [1.807, 2.05) is 0 Å². The summed E-state index contributed by atoms with van der Waals surface area (Å²) in [6, 6.07) is 0. The average Bonchev–Trinajstić information content (AvgIpc) is 1.68. The highest BCUT2D eigenvalue weighted by molar-refractivity contribution is 6.20. The van der Waals surface area contributed by atoms with E-state index in [2.05, 4.69) is 11.7 Å². The summed E-state index contributed by atoms with van der Waals surface area (Å²) >= 11 is 0. The first-order chi connectivity index (χ1) is 3.31. The van der Waals surface area contributed by atoms with Crippen LogP contribution in [0.25, 0.3) is 0 Å². The molecule has 0 aliphatic rings. The van der Waals surface area contributed by atoms with E-state index in [4.69, 9.17) is 0 Å². The van der Waals surface area contributed by atoms with Crippen molar-refractivity contribution < 1.29 is 14.3 Å². The van der Waals surface area contributed by atoms with E-state index in [-0.39, 0.29) is 12.9 Å². The number of esters is 1. The van der Waals surface area contributed by atoms with E-state index in [1.165, 1.54) is 0 Å². The lowest BCUT2D eigenvalue weighted by Crippen LogP contribution is -2.03. The van der Waals surface area contributed by atoms with Gasteiger partial charge in [-0.05, 0) is 0 Å². The second kappa shape index (κ2) is 3.21. The number of hydrogen-bond acceptors (Lipinski definition) is 3. The summed E-state index contributed by atoms with van der Waals surface area (Å²) in [7, 11) is 0. The van der Waals surface area contributed by atoms with Gasteiger partial charge in [0, 0.05) is 0 Å². The van der Waals surface area contributed by atoms with Crippen molar-refractivity contribution in [1.82, 2.24) is 0 Å². The van der Waals surface area contributed by atoms with Crippen LogP contribution in [0, 0.1) is 6.92 Å². The number of aldehydes is 1. The predicted octanol–water partition coefficient (Wildman–Crippen LogP) is -0.437. The maximum Gasteiger partial charge on any atom is 0.374 e. The summed E-state index contributed by atoms with van der Waals surface area (Å²) in [5, 5.41) is 0. The fourth-order valence-corrected chi connectivity index (χ4v) is 0.135. The lowest BCUT2D eigenvalue weighted by molar-refractivity contribution is -0.147. The van der Waals surface area contributed by atoms with Gasteiger partial charge in [0.1, 0.15) is 6.92 Å². The molecule has 3 nitrogen and oxygen atoms in total. The summed E-state index contributed by atoms with van der Waals surface area (Å²) in [4.78, 5) is 19.2. The number of hydrogen-bond donors (Lipinski definition) is 0. The minimum absolute atomic E-state index is 0.0115. The number of rotatable bonds is 2. The molecule has 0 heterocycles. The number of carbonyl (C=O) groups excluding carboxylic acids is 2. The van der Waals surface area contributed by atoms with Crippen molar-refractivity contribution in [3.05, 3.63) is 6.92 Å². The SMILES string of the molecule is [CH2+]COC(=O)C=O. The van der Waals surface area contributed by atoms with Crippen LogP contribution in [0.15, 0.2) is 0 Å². The predicted molar refractivity (Wildman–Crippen MR) is 22.4 cm³/mol. The van der Waals surface area contributed by atoms with Crippen LogP contribution in [-0.4, -0.2) is 18.9 Å². The van der Waals surface area contributed by atoms with E-state index in [9.17, 15) is 9.59 Å². The highest BCUT2D eigenvalue weighted by Crippen LogP contribution is 1.67. The van der Waals surface area contributed by atoms with Gasteiger partial charge in [-0.15, -0.1) is 0 Å². The molecule has 0 spiro atoms. The van der Waals surface area contributed by atoms with Crippen LogP contribution >= 0.6 is 0 Å². The molecule has 0 unspecified atom stereocenters. The molecule has 38 valence electrons. The van der Waals surface area contributed by atoms with Crippen molar-refractivity contribution >= 4 is 12.3 Å². The zero-order chi connectivity index (χ0) is 5.70. The Labute approximate surface area is 41.3 Å². The lowest BCUT2D eigenvalue weighted by atomic mass is 10.7. The number of ether oxygens (including phenoxy) is 1. The third kappa shape index (κ3) is 2.82. The van der Waals surface area contributed by atoms with Crippen molar-refractivity contribution in [3.8, 4) is 0 Å². The van der Waals surface area contributed by atoms with Gasteiger partial charge in [-0.1, -0.05) is 0 Å². The fraction of sp³-hybridized carbons (Fsp3) is 0.250. The first-order valence-electron chi connectivity index (χ1n) is 1.72. The number of carbonyl (C=O) groups is 2. The standard InChI is InChI=1S/C4H5O3/c1-2-7-4(6)3-5/h3H,1-2H2/q+1. The molecule has 0 bridgehead atoms. The van der Waals surface area contributed by atoms with Gasteiger partial charge in [0.2, 0.25) is 12.9 Å². The van der Waals surface area contributed by atoms with E-state index in [1.54, 1.807) is 0 Å². The van der Waals surface area contributed by atoms with Crippen LogP contribution in [0.4, 0.5) is 0 Å². The fourth-order valence-electron chi connectivity index (χ4n) is 0.135. The van der Waals surface area contributed by atoms with Gasteiger partial charge in [-0.3, -0.25) is 4.79 Å². The molecule has 0 fully saturated rings. The molecule has 0 rings (SSSR count). The molecule has 0 aromatic carbocycles. The van der Waals surface area contributed by atoms with E-state index in [0.29, 0.717) is 0 Å². The Kier molecular flexibility index (Phi) is 2.76. The second-order valence-electron chi connectivity index (χ2n) is 0.785. The lowest BCUT2D eigenvalue weighted by Gasteiger charge is -1.83. The molecule has 0 aromatic heterocycles. The van der Waals surface area contributed by atoms with Crippen LogP contribution in [-0.2, 0) is 14.3 Å². The highest BCUT2D eigenvalue weighted by Gasteiger charge is 1.94. The Morgan fingerprint density at radius 1 is 1.86 bits per heavy atom. The largest absolute Gasteiger partial charge is 0.418 e. The Hall–Kier alpha value is -0.990. The topological polar surface area (TPSA) is 43.4 Å². The molecule has 0 aliphatic carbocycles. The summed E-state index contributed by atoms with van der Waals surface area (Å²) in [5.41, 5.74) is 0. The minimum Gasteiger partial charge on any atom is -0.418 e. The molecule has 7 heavy (non-hydrogen) atoms. The third-order valence-corrected chi connectivity index (χ3v) is 0.341. The molecule has 0 saturated heterocycles. The van der Waals surface area contributed by atoms with Crippen LogP contribution in [0.2, 0.25) is 0 Å². The minimum atomic E-state index is -0.866. The molecule has 0 saturated carbocycles. The van der Waals surface area contributed by atoms with Gasteiger partial charge in [0.15, 0.2) is 0 Å². The molecule has 0 aromatic rings. The summed E-state index contributed by atoms with van der Waals surface area (Å²) < 4.78 is 4.07. The van der Waals surface area contributed by atoms with E-state index >= 15 is 0 Å². The molecule has 0 radical (unpaired) electrons. The first kappa shape index (κ1) is 6.01. The molecule has 0 N–H and O–H groups in total. The first-order valence-corrected chi connectivity index (χ1v) is 1.72. The van der Waals surface area contributed by atoms with Crippen molar-refractivity contribution in [2.24, 2.45) is 0 Å². The summed E-state index contributed by atoms with van der Waals surface area (Å²) in [6.45, 7) is 3.18. The Balaban J connectivity index is 3.17. The van der Waals surface area contributed by atoms with Crippen molar-refractivity contribution in [2.45, 2.75) is 0 Å². The summed E-state index contributed by atoms with van der Waals surface area (Å²) in [5.74, 6) is -0.866. The average molecular weight is 101 g/mol. The second-order valence-corrected chi connectivity index (χ2v) is 0.785. The van der Waals surface area contributed by atoms with Crippen molar-refractivity contribution in [2.75, 3.05) is 6.61 Å². The van der Waals surface area contributed by atoms with E-state index in [0.717, 1.165) is 0 Å². The Morgan fingerprint density at radius 2 is 2.43 bits per heavy atom. The Bertz CT molecular complexity index is 77.0. The molecule has 3 heteroatoms. The smallest absolute Gasteiger partial charge is 0.374 e. The van der Waals surface area contributed by atoms with Crippen LogP contribution in [0.5, 0.6) is 0 Å². The van der Waals surface area contributed by atoms with Crippen molar-refractivity contribution in [1.29, 1.82) is 0 Å². The van der Waals surface area contributed by atoms with Gasteiger partial charge in [0.25, 0.3) is 0 Å². The molecular formula is C4H5O3+. The normalized spacial score (nSPS) is 7.43. The Morgan fingerprint density at radius 3 is 2.57 bits per heavy atom. The maximum atomic E-state index is 9.78. The molecular weight excluding hydrogens is 96.0 g/mol. The monoisotopic (exact) mass is 101 g/mol. The molecule has 0 aliphatic heterocycles. The summed E-state index contributed by atoms with van der Waals surface area (Å²) in [6.07, 6.45) is 0.102. The zero-order valence-electron chi connectivity index (χ0n) is 3.72. The highest BCUT2D eigenvalue weighted by atomic mass is 16.5. The molecule has 0 amide bonds. The van der Waals surface area contributed by atoms with Gasteiger partial charge >= 0.3 is 5.97 Å². The third-order valence-electron chi connectivity index (χ3n) is 0.341. The van der Waals surface area contributed by atoms with E-state index < -0.39 is 5.97 Å². The van der Waals surface area contributed by atoms with Crippen LogP contribution in [0.3, 0.4) is 0 Å². The van der Waals surface area contributed by atoms with Crippen LogP contribution in [0.1, 0.15) is 0 Å². The quantitative estimate of drug-likeness (QED) is 0.205. The van der Waals surface area contributed by atoms with Gasteiger partial charge in [-0.25, -0.2) is 4.79 Å². The molecule has 0 atom stereocenters. The van der Waals surface area contributed by atoms with Crippen molar-refractivity contribution in [3.63, 3.8) is 0 Å². The van der Waals surface area contributed by atoms with Gasteiger partial charge < -0.3 is 4.74 Å².